The third-order valence-corrected chi connectivity index (χ3v) is 4.72. The van der Waals surface area contributed by atoms with Crippen molar-refractivity contribution >= 4 is 34.8 Å². The number of rotatable bonds is 3. The lowest BCUT2D eigenvalue weighted by atomic mass is 10.1. The molecule has 1 aliphatic heterocycles. The first-order valence-corrected chi connectivity index (χ1v) is 8.71. The summed E-state index contributed by atoms with van der Waals surface area (Å²) in [5.41, 5.74) is 8.96. The van der Waals surface area contributed by atoms with Crippen molar-refractivity contribution in [1.82, 2.24) is 0 Å². The summed E-state index contributed by atoms with van der Waals surface area (Å²) in [6.45, 7) is 1.79. The van der Waals surface area contributed by atoms with Crippen LogP contribution in [0.15, 0.2) is 66.7 Å². The first kappa shape index (κ1) is 17.5. The molecular formula is C22H17N3O3. The van der Waals surface area contributed by atoms with Crippen molar-refractivity contribution in [2.24, 2.45) is 0 Å². The average molecular weight is 371 g/mol. The first-order valence-electron chi connectivity index (χ1n) is 8.71. The van der Waals surface area contributed by atoms with Crippen LogP contribution in [0.2, 0.25) is 0 Å². The molecule has 0 atom stereocenters. The summed E-state index contributed by atoms with van der Waals surface area (Å²) >= 11 is 0. The highest BCUT2D eigenvalue weighted by Gasteiger charge is 2.37. The van der Waals surface area contributed by atoms with Gasteiger partial charge in [0.05, 0.1) is 28.2 Å². The molecule has 3 aromatic carbocycles. The van der Waals surface area contributed by atoms with Crippen molar-refractivity contribution in [3.8, 4) is 0 Å². The van der Waals surface area contributed by atoms with E-state index in [0.29, 0.717) is 39.3 Å². The molecule has 1 heterocycles. The van der Waals surface area contributed by atoms with Crippen molar-refractivity contribution in [3.63, 3.8) is 0 Å². The molecule has 0 bridgehead atoms. The van der Waals surface area contributed by atoms with Crippen LogP contribution in [0, 0.1) is 6.92 Å². The Bertz CT molecular complexity index is 1100. The van der Waals surface area contributed by atoms with Gasteiger partial charge < -0.3 is 11.1 Å². The summed E-state index contributed by atoms with van der Waals surface area (Å²) in [7, 11) is 0. The molecule has 6 heteroatoms. The van der Waals surface area contributed by atoms with Crippen molar-refractivity contribution in [1.29, 1.82) is 0 Å². The van der Waals surface area contributed by atoms with Gasteiger partial charge in [0.2, 0.25) is 0 Å². The van der Waals surface area contributed by atoms with Gasteiger partial charge in [-0.2, -0.15) is 0 Å². The number of carbonyl (C=O) groups excluding carboxylic acids is 3. The zero-order valence-corrected chi connectivity index (χ0v) is 15.1. The fraction of sp³-hybridized carbons (Fsp3) is 0.0455. The zero-order chi connectivity index (χ0) is 19.8. The van der Waals surface area contributed by atoms with E-state index in [2.05, 4.69) is 5.32 Å². The first-order chi connectivity index (χ1) is 13.5. The number of aryl methyl sites for hydroxylation is 1. The third kappa shape index (κ3) is 2.81. The Kier molecular flexibility index (Phi) is 4.16. The predicted molar refractivity (Wildman–Crippen MR) is 108 cm³/mol. The number of imide groups is 1. The Labute approximate surface area is 161 Å². The minimum Gasteiger partial charge on any atom is -0.397 e. The fourth-order valence-electron chi connectivity index (χ4n) is 3.20. The summed E-state index contributed by atoms with van der Waals surface area (Å²) in [6, 6.07) is 18.5. The highest BCUT2D eigenvalue weighted by Crippen LogP contribution is 2.31. The number of nitrogens with one attached hydrogen (secondary N) is 1. The summed E-state index contributed by atoms with van der Waals surface area (Å²) in [6.07, 6.45) is 0. The molecule has 4 rings (SSSR count). The van der Waals surface area contributed by atoms with Crippen LogP contribution < -0.4 is 16.0 Å². The molecule has 0 spiro atoms. The van der Waals surface area contributed by atoms with Gasteiger partial charge in [0.25, 0.3) is 17.7 Å². The van der Waals surface area contributed by atoms with Gasteiger partial charge in [0.15, 0.2) is 0 Å². The third-order valence-electron chi connectivity index (χ3n) is 4.72. The second-order valence-electron chi connectivity index (χ2n) is 6.53. The lowest BCUT2D eigenvalue weighted by molar-refractivity contribution is 0.0923. The van der Waals surface area contributed by atoms with E-state index >= 15 is 0 Å². The molecule has 0 radical (unpaired) electrons. The van der Waals surface area contributed by atoms with Crippen molar-refractivity contribution < 1.29 is 14.4 Å². The number of hydrogen-bond donors (Lipinski definition) is 2. The molecule has 28 heavy (non-hydrogen) atoms. The van der Waals surface area contributed by atoms with E-state index in [0.717, 1.165) is 4.90 Å². The van der Waals surface area contributed by atoms with Crippen molar-refractivity contribution in [3.05, 3.63) is 89.0 Å². The zero-order valence-electron chi connectivity index (χ0n) is 15.1. The molecule has 1 aliphatic rings. The maximum atomic E-state index is 12.8. The van der Waals surface area contributed by atoms with Gasteiger partial charge in [0.1, 0.15) is 0 Å². The number of hydrogen-bond acceptors (Lipinski definition) is 4. The van der Waals surface area contributed by atoms with Crippen LogP contribution in [0.4, 0.5) is 17.1 Å². The van der Waals surface area contributed by atoms with Crippen LogP contribution in [0.3, 0.4) is 0 Å². The van der Waals surface area contributed by atoms with Gasteiger partial charge >= 0.3 is 0 Å². The van der Waals surface area contributed by atoms with Gasteiger partial charge in [-0.15, -0.1) is 0 Å². The van der Waals surface area contributed by atoms with Gasteiger partial charge in [-0.25, -0.2) is 4.90 Å². The van der Waals surface area contributed by atoms with Crippen molar-refractivity contribution in [2.75, 3.05) is 16.0 Å². The number of amides is 3. The van der Waals surface area contributed by atoms with E-state index < -0.39 is 11.8 Å². The lowest BCUT2D eigenvalue weighted by Gasteiger charge is -2.18. The van der Waals surface area contributed by atoms with Crippen LogP contribution in [-0.2, 0) is 0 Å². The number of nitrogen functional groups attached to an aromatic ring is 1. The molecule has 0 aromatic heterocycles. The second-order valence-corrected chi connectivity index (χ2v) is 6.53. The molecule has 0 saturated heterocycles. The fourth-order valence-corrected chi connectivity index (χ4v) is 3.20. The minimum atomic E-state index is -0.395. The lowest BCUT2D eigenvalue weighted by Crippen LogP contribution is -2.30. The molecule has 0 fully saturated rings. The Hall–Kier alpha value is -3.93. The number of nitrogens with two attached hydrogens (primary N) is 1. The molecule has 3 aromatic rings. The standard InChI is InChI=1S/C22H17N3O3/c1-13-10-11-14(20(26)24-18-9-5-4-8-17(18)23)12-19(13)25-21(27)15-6-2-3-7-16(15)22(25)28/h2-12H,23H2,1H3,(H,24,26). The average Bonchev–Trinajstić information content (AvgIpc) is 2.95. The Morgan fingerprint density at radius 2 is 1.50 bits per heavy atom. The van der Waals surface area contributed by atoms with Crippen LogP contribution in [0.25, 0.3) is 0 Å². The maximum Gasteiger partial charge on any atom is 0.266 e. The topological polar surface area (TPSA) is 92.5 Å². The number of para-hydroxylation sites is 2. The van der Waals surface area contributed by atoms with Gasteiger partial charge in [0, 0.05) is 5.56 Å². The molecule has 3 amide bonds. The molecule has 3 N–H and O–H groups in total. The largest absolute Gasteiger partial charge is 0.397 e. The van der Waals surface area contributed by atoms with E-state index in [1.807, 2.05) is 0 Å². The molecule has 6 nitrogen and oxygen atoms in total. The highest BCUT2D eigenvalue weighted by molar-refractivity contribution is 6.34. The number of fused-ring (bicyclic) bond motifs is 1. The van der Waals surface area contributed by atoms with Crippen LogP contribution in [-0.4, -0.2) is 17.7 Å². The van der Waals surface area contributed by atoms with E-state index in [4.69, 9.17) is 5.73 Å². The molecule has 0 saturated carbocycles. The van der Waals surface area contributed by atoms with Crippen LogP contribution in [0.5, 0.6) is 0 Å². The molecular weight excluding hydrogens is 354 g/mol. The predicted octanol–water partition coefficient (Wildman–Crippen LogP) is 3.63. The number of nitrogens with zero attached hydrogens (tertiary/aromatic N) is 1. The van der Waals surface area contributed by atoms with Gasteiger partial charge in [-0.05, 0) is 48.9 Å². The minimum absolute atomic E-state index is 0.320. The monoisotopic (exact) mass is 371 g/mol. The summed E-state index contributed by atoms with van der Waals surface area (Å²) < 4.78 is 0. The van der Waals surface area contributed by atoms with Gasteiger partial charge in [-0.1, -0.05) is 30.3 Å². The molecule has 0 unspecified atom stereocenters. The smallest absolute Gasteiger partial charge is 0.266 e. The number of benzene rings is 3. The van der Waals surface area contributed by atoms with Crippen LogP contribution in [0.1, 0.15) is 36.6 Å². The van der Waals surface area contributed by atoms with E-state index in [1.54, 1.807) is 73.7 Å². The van der Waals surface area contributed by atoms with E-state index in [9.17, 15) is 14.4 Å². The number of carbonyl (C=O) groups is 3. The SMILES string of the molecule is Cc1ccc(C(=O)Nc2ccccc2N)cc1N1C(=O)c2ccccc2C1=O. The summed E-state index contributed by atoms with van der Waals surface area (Å²) in [5.74, 6) is -1.17. The maximum absolute atomic E-state index is 12.8. The van der Waals surface area contributed by atoms with Crippen molar-refractivity contribution in [2.45, 2.75) is 6.92 Å². The Morgan fingerprint density at radius 3 is 2.14 bits per heavy atom. The highest BCUT2D eigenvalue weighted by atomic mass is 16.2. The Balaban J connectivity index is 1.69. The van der Waals surface area contributed by atoms with Gasteiger partial charge in [-0.3, -0.25) is 14.4 Å². The molecule has 0 aliphatic carbocycles. The summed E-state index contributed by atoms with van der Waals surface area (Å²) in [4.78, 5) is 39.3. The van der Waals surface area contributed by atoms with E-state index in [-0.39, 0.29) is 5.91 Å². The van der Waals surface area contributed by atoms with Crippen LogP contribution >= 0.6 is 0 Å². The van der Waals surface area contributed by atoms with E-state index in [1.165, 1.54) is 0 Å². The number of anilines is 3. The Morgan fingerprint density at radius 1 is 0.893 bits per heavy atom. The molecule has 138 valence electrons. The second kappa shape index (κ2) is 6.66. The summed E-state index contributed by atoms with van der Waals surface area (Å²) in [5, 5.41) is 2.75. The normalized spacial score (nSPS) is 12.8. The quantitative estimate of drug-likeness (QED) is 0.543.